The second kappa shape index (κ2) is 8.34. The molecular weight excluding hydrogens is 318 g/mol. The van der Waals surface area contributed by atoms with Gasteiger partial charge in [0.05, 0.1) is 6.10 Å². The molecule has 0 spiro atoms. The number of ether oxygens (including phenoxy) is 1. The first kappa shape index (κ1) is 17.7. The number of hydrogen-bond acceptors (Lipinski definition) is 3. The minimum absolute atomic E-state index is 0.0377. The Morgan fingerprint density at radius 2 is 1.84 bits per heavy atom. The van der Waals surface area contributed by atoms with Crippen molar-refractivity contribution >= 4 is 11.9 Å². The Hall–Kier alpha value is -2.08. The number of nitrogens with one attached hydrogen (secondary N) is 1. The van der Waals surface area contributed by atoms with E-state index in [4.69, 9.17) is 10.5 Å². The quantitative estimate of drug-likeness (QED) is 0.851. The number of benzene rings is 1. The maximum Gasteiger partial charge on any atom is 0.317 e. The van der Waals surface area contributed by atoms with Crippen molar-refractivity contribution in [3.8, 4) is 0 Å². The van der Waals surface area contributed by atoms with Crippen molar-refractivity contribution in [1.29, 1.82) is 0 Å². The van der Waals surface area contributed by atoms with Crippen molar-refractivity contribution in [2.75, 3.05) is 19.6 Å². The molecule has 2 aliphatic rings. The van der Waals surface area contributed by atoms with E-state index >= 15 is 0 Å². The summed E-state index contributed by atoms with van der Waals surface area (Å²) in [6.07, 6.45) is 3.93. The van der Waals surface area contributed by atoms with Crippen molar-refractivity contribution < 1.29 is 14.3 Å². The fraction of sp³-hybridized carbons (Fsp3) is 0.579. The molecule has 0 unspecified atom stereocenters. The number of piperidine rings is 1. The Morgan fingerprint density at radius 1 is 1.12 bits per heavy atom. The van der Waals surface area contributed by atoms with Crippen LogP contribution in [0.1, 0.15) is 31.2 Å². The van der Waals surface area contributed by atoms with E-state index in [1.54, 1.807) is 0 Å². The Labute approximate surface area is 148 Å². The van der Waals surface area contributed by atoms with Gasteiger partial charge < -0.3 is 20.7 Å². The number of carbonyl (C=O) groups is 2. The molecule has 3 rings (SSSR count). The molecule has 136 valence electrons. The number of rotatable bonds is 5. The first-order valence-electron chi connectivity index (χ1n) is 9.13. The summed E-state index contributed by atoms with van der Waals surface area (Å²) in [5, 5.41) is 2.93. The van der Waals surface area contributed by atoms with Crippen LogP contribution in [0.3, 0.4) is 0 Å². The Balaban J connectivity index is 1.36. The Kier molecular flexibility index (Phi) is 5.91. The van der Waals surface area contributed by atoms with Gasteiger partial charge in [-0.05, 0) is 43.6 Å². The molecule has 2 saturated heterocycles. The van der Waals surface area contributed by atoms with Gasteiger partial charge in [0, 0.05) is 19.6 Å². The molecule has 2 fully saturated rings. The number of nitrogens with zero attached hydrogens (tertiary/aromatic N) is 1. The number of nitrogens with two attached hydrogens (primary N) is 1. The van der Waals surface area contributed by atoms with Gasteiger partial charge >= 0.3 is 6.03 Å². The lowest BCUT2D eigenvalue weighted by Crippen LogP contribution is -2.46. The maximum atomic E-state index is 12.3. The summed E-state index contributed by atoms with van der Waals surface area (Å²) in [7, 11) is 0. The number of carbonyl (C=O) groups excluding carboxylic acids is 2. The smallest absolute Gasteiger partial charge is 0.317 e. The van der Waals surface area contributed by atoms with Crippen LogP contribution in [0, 0.1) is 5.92 Å². The van der Waals surface area contributed by atoms with Gasteiger partial charge in [-0.25, -0.2) is 4.79 Å². The van der Waals surface area contributed by atoms with Crippen LogP contribution in [-0.4, -0.2) is 48.7 Å². The van der Waals surface area contributed by atoms with Crippen LogP contribution in [0.2, 0.25) is 0 Å². The second-order valence-electron chi connectivity index (χ2n) is 7.03. The summed E-state index contributed by atoms with van der Waals surface area (Å²) in [5.74, 6) is 0.218. The SMILES string of the molecule is NC(=O)[C@H]1CC[C@H](CNC(=O)N2CCC(Cc3ccccc3)CC2)O1. The van der Waals surface area contributed by atoms with Crippen molar-refractivity contribution in [2.24, 2.45) is 11.7 Å². The standard InChI is InChI=1S/C19H27N3O3/c20-18(23)17-7-6-16(25-17)13-21-19(24)22-10-8-15(9-11-22)12-14-4-2-1-3-5-14/h1-5,15-17H,6-13H2,(H2,20,23)(H,21,24)/t16-,17-/m1/s1. The molecule has 6 heteroatoms. The normalized spacial score (nSPS) is 24.2. The van der Waals surface area contributed by atoms with Crippen LogP contribution in [0.25, 0.3) is 0 Å². The van der Waals surface area contributed by atoms with E-state index < -0.39 is 12.0 Å². The highest BCUT2D eigenvalue weighted by Crippen LogP contribution is 2.22. The van der Waals surface area contributed by atoms with E-state index in [2.05, 4.69) is 29.6 Å². The van der Waals surface area contributed by atoms with Crippen molar-refractivity contribution in [1.82, 2.24) is 10.2 Å². The van der Waals surface area contributed by atoms with Crippen LogP contribution >= 0.6 is 0 Å². The molecule has 0 radical (unpaired) electrons. The van der Waals surface area contributed by atoms with Gasteiger partial charge in [-0.2, -0.15) is 0 Å². The van der Waals surface area contributed by atoms with Crippen LogP contribution in [-0.2, 0) is 16.0 Å². The molecule has 0 aromatic heterocycles. The molecule has 6 nitrogen and oxygen atoms in total. The van der Waals surface area contributed by atoms with E-state index in [9.17, 15) is 9.59 Å². The van der Waals surface area contributed by atoms with Crippen molar-refractivity contribution in [3.63, 3.8) is 0 Å². The number of likely N-dealkylation sites (tertiary alicyclic amines) is 1. The predicted octanol–water partition coefficient (Wildman–Crippen LogP) is 1.68. The highest BCUT2D eigenvalue weighted by molar-refractivity contribution is 5.79. The topological polar surface area (TPSA) is 84.7 Å². The van der Waals surface area contributed by atoms with E-state index in [-0.39, 0.29) is 12.1 Å². The van der Waals surface area contributed by atoms with Crippen LogP contribution in [0.4, 0.5) is 4.79 Å². The molecular formula is C19H27N3O3. The largest absolute Gasteiger partial charge is 0.367 e. The monoisotopic (exact) mass is 345 g/mol. The van der Waals surface area contributed by atoms with Gasteiger partial charge in [0.25, 0.3) is 0 Å². The van der Waals surface area contributed by atoms with E-state index in [1.165, 1.54) is 5.56 Å². The fourth-order valence-corrected chi connectivity index (χ4v) is 3.67. The molecule has 0 saturated carbocycles. The minimum Gasteiger partial charge on any atom is -0.367 e. The lowest BCUT2D eigenvalue weighted by Gasteiger charge is -2.32. The number of amides is 3. The molecule has 1 aromatic rings. The minimum atomic E-state index is -0.504. The molecule has 3 N–H and O–H groups in total. The van der Waals surface area contributed by atoms with E-state index in [0.29, 0.717) is 18.9 Å². The van der Waals surface area contributed by atoms with Gasteiger partial charge in [-0.1, -0.05) is 30.3 Å². The summed E-state index contributed by atoms with van der Waals surface area (Å²) in [4.78, 5) is 25.3. The van der Waals surface area contributed by atoms with Crippen LogP contribution in [0.15, 0.2) is 30.3 Å². The number of hydrogen-bond donors (Lipinski definition) is 2. The molecule has 2 heterocycles. The third-order valence-corrected chi connectivity index (χ3v) is 5.17. The molecule has 0 bridgehead atoms. The average Bonchev–Trinajstić information content (AvgIpc) is 3.11. The third-order valence-electron chi connectivity index (χ3n) is 5.17. The highest BCUT2D eigenvalue weighted by Gasteiger charge is 2.30. The fourth-order valence-electron chi connectivity index (χ4n) is 3.67. The summed E-state index contributed by atoms with van der Waals surface area (Å²) in [6, 6.07) is 10.5. The lowest BCUT2D eigenvalue weighted by molar-refractivity contribution is -0.128. The van der Waals surface area contributed by atoms with Gasteiger partial charge in [0.15, 0.2) is 0 Å². The molecule has 3 amide bonds. The zero-order valence-corrected chi connectivity index (χ0v) is 14.5. The Bertz CT molecular complexity index is 585. The Morgan fingerprint density at radius 3 is 2.48 bits per heavy atom. The molecule has 2 atom stereocenters. The maximum absolute atomic E-state index is 12.3. The van der Waals surface area contributed by atoms with Gasteiger partial charge in [-0.15, -0.1) is 0 Å². The van der Waals surface area contributed by atoms with E-state index in [1.807, 2.05) is 11.0 Å². The zero-order valence-electron chi connectivity index (χ0n) is 14.5. The number of urea groups is 1. The van der Waals surface area contributed by atoms with Crippen LogP contribution in [0.5, 0.6) is 0 Å². The molecule has 0 aliphatic carbocycles. The first-order valence-corrected chi connectivity index (χ1v) is 9.13. The van der Waals surface area contributed by atoms with E-state index in [0.717, 1.165) is 38.8 Å². The average molecular weight is 345 g/mol. The van der Waals surface area contributed by atoms with Gasteiger partial charge in [0.2, 0.25) is 5.91 Å². The van der Waals surface area contributed by atoms with Crippen LogP contribution < -0.4 is 11.1 Å². The number of primary amides is 1. The summed E-state index contributed by atoms with van der Waals surface area (Å²) >= 11 is 0. The predicted molar refractivity (Wildman–Crippen MR) is 94.9 cm³/mol. The van der Waals surface area contributed by atoms with Gasteiger partial charge in [-0.3, -0.25) is 4.79 Å². The summed E-state index contributed by atoms with van der Waals surface area (Å²) in [5.41, 5.74) is 6.61. The molecule has 1 aromatic carbocycles. The molecule has 25 heavy (non-hydrogen) atoms. The van der Waals surface area contributed by atoms with Crippen molar-refractivity contribution in [2.45, 2.75) is 44.3 Å². The second-order valence-corrected chi connectivity index (χ2v) is 7.03. The highest BCUT2D eigenvalue weighted by atomic mass is 16.5. The third kappa shape index (κ3) is 4.95. The summed E-state index contributed by atoms with van der Waals surface area (Å²) in [6.45, 7) is 2.02. The summed E-state index contributed by atoms with van der Waals surface area (Å²) < 4.78 is 5.54. The molecule has 2 aliphatic heterocycles. The lowest BCUT2D eigenvalue weighted by atomic mass is 9.90. The van der Waals surface area contributed by atoms with Gasteiger partial charge in [0.1, 0.15) is 6.10 Å². The van der Waals surface area contributed by atoms with Crippen molar-refractivity contribution in [3.05, 3.63) is 35.9 Å². The zero-order chi connectivity index (χ0) is 17.6. The first-order chi connectivity index (χ1) is 12.1.